The van der Waals surface area contributed by atoms with E-state index in [0.29, 0.717) is 25.9 Å². The van der Waals surface area contributed by atoms with Crippen LogP contribution in [0.4, 0.5) is 13.2 Å². The van der Waals surface area contributed by atoms with Crippen LogP contribution in [0.5, 0.6) is 0 Å². The summed E-state index contributed by atoms with van der Waals surface area (Å²) in [5, 5.41) is 0. The van der Waals surface area contributed by atoms with Crippen molar-refractivity contribution in [3.8, 4) is 0 Å². The molecule has 114 valence electrons. The van der Waals surface area contributed by atoms with E-state index in [2.05, 4.69) is 0 Å². The minimum atomic E-state index is -4.45. The second-order valence-electron chi connectivity index (χ2n) is 5.22. The van der Waals surface area contributed by atoms with Crippen molar-refractivity contribution in [2.24, 2.45) is 5.92 Å². The number of carbonyl (C=O) groups excluding carboxylic acids is 2. The standard InChI is InChI=1S/C15H16F3NO2/c1-10(20)19-7-5-11(6-8-19)14(21)12-3-2-4-13(9-12)15(16,17)18/h2-4,9,11H,5-8H2,1H3. The summed E-state index contributed by atoms with van der Waals surface area (Å²) in [6, 6.07) is 4.52. The van der Waals surface area contributed by atoms with Crippen molar-refractivity contribution in [2.75, 3.05) is 13.1 Å². The van der Waals surface area contributed by atoms with Crippen LogP contribution in [0, 0.1) is 5.92 Å². The number of likely N-dealkylation sites (tertiary alicyclic amines) is 1. The number of benzene rings is 1. The first-order chi connectivity index (χ1) is 9.79. The Bertz CT molecular complexity index is 546. The van der Waals surface area contributed by atoms with E-state index in [1.165, 1.54) is 19.1 Å². The fourth-order valence-electron chi connectivity index (χ4n) is 2.54. The molecule has 1 fully saturated rings. The van der Waals surface area contributed by atoms with Crippen LogP contribution in [0.1, 0.15) is 35.7 Å². The molecular weight excluding hydrogens is 283 g/mol. The molecule has 0 aromatic heterocycles. The van der Waals surface area contributed by atoms with Gasteiger partial charge in [0.15, 0.2) is 5.78 Å². The molecule has 0 radical (unpaired) electrons. The smallest absolute Gasteiger partial charge is 0.343 e. The normalized spacial score (nSPS) is 16.9. The summed E-state index contributed by atoms with van der Waals surface area (Å²) in [5.74, 6) is -0.631. The molecule has 1 aromatic carbocycles. The van der Waals surface area contributed by atoms with Gasteiger partial charge in [0.25, 0.3) is 0 Å². The van der Waals surface area contributed by atoms with Gasteiger partial charge in [0.05, 0.1) is 5.56 Å². The van der Waals surface area contributed by atoms with Crippen molar-refractivity contribution in [3.63, 3.8) is 0 Å². The van der Waals surface area contributed by atoms with Gasteiger partial charge in [-0.15, -0.1) is 0 Å². The van der Waals surface area contributed by atoms with Crippen LogP contribution in [0.2, 0.25) is 0 Å². The second kappa shape index (κ2) is 5.87. The molecule has 1 heterocycles. The van der Waals surface area contributed by atoms with E-state index >= 15 is 0 Å². The molecule has 6 heteroatoms. The summed E-state index contributed by atoms with van der Waals surface area (Å²) in [7, 11) is 0. The van der Waals surface area contributed by atoms with Crippen molar-refractivity contribution in [2.45, 2.75) is 25.9 Å². The number of halogens is 3. The number of amides is 1. The molecule has 1 aliphatic rings. The summed E-state index contributed by atoms with van der Waals surface area (Å²) in [6.07, 6.45) is -3.46. The number of alkyl halides is 3. The van der Waals surface area contributed by atoms with Gasteiger partial charge in [0, 0.05) is 31.5 Å². The van der Waals surface area contributed by atoms with Crippen molar-refractivity contribution in [1.29, 1.82) is 0 Å². The maximum atomic E-state index is 12.7. The molecule has 0 bridgehead atoms. The van der Waals surface area contributed by atoms with Crippen LogP contribution in [-0.4, -0.2) is 29.7 Å². The van der Waals surface area contributed by atoms with E-state index < -0.39 is 11.7 Å². The fraction of sp³-hybridized carbons (Fsp3) is 0.467. The zero-order valence-corrected chi connectivity index (χ0v) is 11.6. The lowest BCUT2D eigenvalue weighted by Crippen LogP contribution is -2.39. The van der Waals surface area contributed by atoms with E-state index in [9.17, 15) is 22.8 Å². The monoisotopic (exact) mass is 299 g/mol. The van der Waals surface area contributed by atoms with E-state index in [1.54, 1.807) is 4.90 Å². The average Bonchev–Trinajstić information content (AvgIpc) is 2.46. The largest absolute Gasteiger partial charge is 0.416 e. The number of nitrogens with zero attached hydrogens (tertiary/aromatic N) is 1. The van der Waals surface area contributed by atoms with Gasteiger partial charge < -0.3 is 4.90 Å². The molecule has 2 rings (SSSR count). The Morgan fingerprint density at radius 2 is 1.81 bits per heavy atom. The lowest BCUT2D eigenvalue weighted by molar-refractivity contribution is -0.137. The van der Waals surface area contributed by atoms with Crippen LogP contribution in [-0.2, 0) is 11.0 Å². The van der Waals surface area contributed by atoms with Gasteiger partial charge >= 0.3 is 6.18 Å². The van der Waals surface area contributed by atoms with Crippen LogP contribution in [0.25, 0.3) is 0 Å². The molecule has 0 spiro atoms. The van der Waals surface area contributed by atoms with Crippen molar-refractivity contribution < 1.29 is 22.8 Å². The molecule has 1 aromatic rings. The van der Waals surface area contributed by atoms with E-state index in [1.807, 2.05) is 0 Å². The molecule has 0 atom stereocenters. The second-order valence-corrected chi connectivity index (χ2v) is 5.22. The lowest BCUT2D eigenvalue weighted by atomic mass is 9.88. The van der Waals surface area contributed by atoms with Gasteiger partial charge in [0.2, 0.25) is 5.91 Å². The lowest BCUT2D eigenvalue weighted by Gasteiger charge is -2.30. The number of piperidine rings is 1. The minimum absolute atomic E-state index is 0.0417. The minimum Gasteiger partial charge on any atom is -0.343 e. The number of rotatable bonds is 2. The molecule has 1 amide bonds. The molecule has 1 saturated heterocycles. The highest BCUT2D eigenvalue weighted by atomic mass is 19.4. The number of Topliss-reactive ketones (excluding diaryl/α,β-unsaturated/α-hetero) is 1. The topological polar surface area (TPSA) is 37.4 Å². The Balaban J connectivity index is 2.09. The third-order valence-electron chi connectivity index (χ3n) is 3.79. The summed E-state index contributed by atoms with van der Waals surface area (Å²) >= 11 is 0. The number of carbonyl (C=O) groups is 2. The maximum Gasteiger partial charge on any atom is 0.416 e. The highest BCUT2D eigenvalue weighted by molar-refractivity contribution is 5.98. The first kappa shape index (κ1) is 15.5. The van der Waals surface area contributed by atoms with Crippen molar-refractivity contribution in [3.05, 3.63) is 35.4 Å². The Hall–Kier alpha value is -1.85. The van der Waals surface area contributed by atoms with E-state index in [-0.39, 0.29) is 23.2 Å². The Morgan fingerprint density at radius 1 is 1.19 bits per heavy atom. The third-order valence-corrected chi connectivity index (χ3v) is 3.79. The van der Waals surface area contributed by atoms with Crippen LogP contribution < -0.4 is 0 Å². The van der Waals surface area contributed by atoms with Crippen LogP contribution >= 0.6 is 0 Å². The van der Waals surface area contributed by atoms with Gasteiger partial charge in [-0.1, -0.05) is 12.1 Å². The molecule has 0 N–H and O–H groups in total. The zero-order chi connectivity index (χ0) is 15.6. The molecule has 3 nitrogen and oxygen atoms in total. The van der Waals surface area contributed by atoms with Crippen LogP contribution in [0.3, 0.4) is 0 Å². The highest BCUT2D eigenvalue weighted by Gasteiger charge is 2.32. The molecule has 0 saturated carbocycles. The van der Waals surface area contributed by atoms with Gasteiger partial charge in [-0.2, -0.15) is 13.2 Å². The Labute approximate surface area is 120 Å². The quantitative estimate of drug-likeness (QED) is 0.787. The van der Waals surface area contributed by atoms with Crippen LogP contribution in [0.15, 0.2) is 24.3 Å². The number of hydrogen-bond donors (Lipinski definition) is 0. The Kier molecular flexibility index (Phi) is 4.34. The average molecular weight is 299 g/mol. The molecule has 21 heavy (non-hydrogen) atoms. The maximum absolute atomic E-state index is 12.7. The van der Waals surface area contributed by atoms with Crippen molar-refractivity contribution >= 4 is 11.7 Å². The molecule has 1 aliphatic heterocycles. The van der Waals surface area contributed by atoms with Crippen molar-refractivity contribution in [1.82, 2.24) is 4.90 Å². The van der Waals surface area contributed by atoms with Gasteiger partial charge in [-0.3, -0.25) is 9.59 Å². The number of ketones is 1. The SMILES string of the molecule is CC(=O)N1CCC(C(=O)c2cccc(C(F)(F)F)c2)CC1. The van der Waals surface area contributed by atoms with E-state index in [0.717, 1.165) is 12.1 Å². The predicted octanol–water partition coefficient (Wildman–Crippen LogP) is 3.15. The highest BCUT2D eigenvalue weighted by Crippen LogP contribution is 2.30. The first-order valence-corrected chi connectivity index (χ1v) is 6.76. The zero-order valence-electron chi connectivity index (χ0n) is 11.6. The molecule has 0 aliphatic carbocycles. The van der Waals surface area contributed by atoms with Gasteiger partial charge in [-0.05, 0) is 25.0 Å². The summed E-state index contributed by atoms with van der Waals surface area (Å²) in [5.41, 5.74) is -0.722. The molecular formula is C15H16F3NO2. The molecule has 0 unspecified atom stereocenters. The summed E-state index contributed by atoms with van der Waals surface area (Å²) < 4.78 is 38.0. The fourth-order valence-corrected chi connectivity index (χ4v) is 2.54. The summed E-state index contributed by atoms with van der Waals surface area (Å²) in [6.45, 7) is 2.42. The number of hydrogen-bond acceptors (Lipinski definition) is 2. The van der Waals surface area contributed by atoms with Gasteiger partial charge in [-0.25, -0.2) is 0 Å². The first-order valence-electron chi connectivity index (χ1n) is 6.76. The van der Waals surface area contributed by atoms with Gasteiger partial charge in [0.1, 0.15) is 0 Å². The Morgan fingerprint density at radius 3 is 2.33 bits per heavy atom. The predicted molar refractivity (Wildman–Crippen MR) is 70.8 cm³/mol. The summed E-state index contributed by atoms with van der Waals surface area (Å²) in [4.78, 5) is 25.1. The third kappa shape index (κ3) is 3.62. The van der Waals surface area contributed by atoms with E-state index in [4.69, 9.17) is 0 Å².